The summed E-state index contributed by atoms with van der Waals surface area (Å²) in [6.45, 7) is -1.22. The summed E-state index contributed by atoms with van der Waals surface area (Å²) in [6.07, 6.45) is -1.86. The van der Waals surface area contributed by atoms with E-state index in [0.29, 0.717) is 15.1 Å². The minimum atomic E-state index is -4.71. The molecular formula is C11H8ClF3N2O2S. The molecule has 1 unspecified atom stereocenters. The van der Waals surface area contributed by atoms with Crippen LogP contribution in [0.15, 0.2) is 18.5 Å². The van der Waals surface area contributed by atoms with Gasteiger partial charge in [0.1, 0.15) is 6.04 Å². The normalized spacial score (nSPS) is 13.4. The molecule has 0 aliphatic heterocycles. The number of thiophene rings is 1. The fourth-order valence-electron chi connectivity index (χ4n) is 1.50. The van der Waals surface area contributed by atoms with Crippen LogP contribution in [-0.2, 0) is 0 Å². The fraction of sp³-hybridized carbons (Fsp3) is 0.273. The Balaban J connectivity index is 2.25. The molecule has 2 heterocycles. The number of carbonyl (C=O) groups is 1. The van der Waals surface area contributed by atoms with Crippen LogP contribution in [0.4, 0.5) is 13.2 Å². The van der Waals surface area contributed by atoms with Crippen molar-refractivity contribution in [2.45, 2.75) is 12.2 Å². The predicted octanol–water partition coefficient (Wildman–Crippen LogP) is 2.60. The van der Waals surface area contributed by atoms with Gasteiger partial charge in [0.25, 0.3) is 5.91 Å². The molecule has 0 saturated carbocycles. The fourth-order valence-corrected chi connectivity index (χ4v) is 2.73. The predicted molar refractivity (Wildman–Crippen MR) is 69.0 cm³/mol. The summed E-state index contributed by atoms with van der Waals surface area (Å²) in [5, 5.41) is 11.3. The highest BCUT2D eigenvalue weighted by Gasteiger charge is 2.40. The van der Waals surface area contributed by atoms with Crippen molar-refractivity contribution >= 4 is 38.9 Å². The number of nitrogens with zero attached hydrogens (tertiary/aromatic N) is 1. The smallest absolute Gasteiger partial charge is 0.394 e. The summed E-state index contributed by atoms with van der Waals surface area (Å²) in [4.78, 5) is 15.7. The number of pyridine rings is 1. The van der Waals surface area contributed by atoms with Crippen molar-refractivity contribution in [3.63, 3.8) is 0 Å². The molecule has 9 heteroatoms. The zero-order chi connectivity index (χ0) is 14.9. The molecular weight excluding hydrogens is 317 g/mol. The zero-order valence-electron chi connectivity index (χ0n) is 9.74. The molecule has 108 valence electrons. The number of fused-ring (bicyclic) bond motifs is 1. The van der Waals surface area contributed by atoms with Crippen LogP contribution in [0, 0.1) is 0 Å². The van der Waals surface area contributed by atoms with Crippen molar-refractivity contribution < 1.29 is 23.1 Å². The number of nitrogens with one attached hydrogen (secondary N) is 1. The standard InChI is InChI=1S/C11H8ClF3N2O2S/c12-6-2-16-3-8-5(6)1-7(20-8)10(19)17-9(4-18)11(13,14)15/h1-3,9,18H,4H2,(H,17,19). The van der Waals surface area contributed by atoms with E-state index in [-0.39, 0.29) is 4.88 Å². The monoisotopic (exact) mass is 324 g/mol. The van der Waals surface area contributed by atoms with Gasteiger partial charge < -0.3 is 10.4 Å². The van der Waals surface area contributed by atoms with Crippen molar-refractivity contribution in [1.82, 2.24) is 10.3 Å². The van der Waals surface area contributed by atoms with Gasteiger partial charge in [-0.3, -0.25) is 9.78 Å². The van der Waals surface area contributed by atoms with Crippen LogP contribution in [0.1, 0.15) is 9.67 Å². The number of halogens is 4. The lowest BCUT2D eigenvalue weighted by molar-refractivity contribution is -0.161. The van der Waals surface area contributed by atoms with Crippen molar-refractivity contribution in [2.24, 2.45) is 0 Å². The van der Waals surface area contributed by atoms with E-state index in [1.807, 2.05) is 0 Å². The van der Waals surface area contributed by atoms with Crippen molar-refractivity contribution in [2.75, 3.05) is 6.61 Å². The summed E-state index contributed by atoms with van der Waals surface area (Å²) in [6, 6.07) is -0.904. The largest absolute Gasteiger partial charge is 0.410 e. The number of aliphatic hydroxyl groups excluding tert-OH is 1. The average Bonchev–Trinajstić information content (AvgIpc) is 2.79. The molecule has 0 spiro atoms. The van der Waals surface area contributed by atoms with Gasteiger partial charge in [0.15, 0.2) is 0 Å². The first-order valence-electron chi connectivity index (χ1n) is 5.34. The first-order valence-corrected chi connectivity index (χ1v) is 6.54. The molecule has 0 saturated heterocycles. The molecule has 2 aromatic heterocycles. The number of hydrogen-bond acceptors (Lipinski definition) is 4. The van der Waals surface area contributed by atoms with Crippen molar-refractivity contribution in [1.29, 1.82) is 0 Å². The Kier molecular flexibility index (Phi) is 4.17. The maximum Gasteiger partial charge on any atom is 0.410 e. The number of alkyl halides is 3. The van der Waals surface area contributed by atoms with E-state index in [9.17, 15) is 18.0 Å². The first-order chi connectivity index (χ1) is 9.32. The van der Waals surface area contributed by atoms with E-state index in [2.05, 4.69) is 4.98 Å². The lowest BCUT2D eigenvalue weighted by Crippen LogP contribution is -2.47. The first kappa shape index (κ1) is 15.0. The Morgan fingerprint density at radius 1 is 1.50 bits per heavy atom. The maximum atomic E-state index is 12.5. The van der Waals surface area contributed by atoms with Gasteiger partial charge >= 0.3 is 6.18 Å². The SMILES string of the molecule is O=C(NC(CO)C(F)(F)F)c1cc2c(Cl)cncc2s1. The topological polar surface area (TPSA) is 62.2 Å². The second kappa shape index (κ2) is 5.55. The highest BCUT2D eigenvalue weighted by molar-refractivity contribution is 7.20. The van der Waals surface area contributed by atoms with Crippen LogP contribution < -0.4 is 5.32 Å². The summed E-state index contributed by atoms with van der Waals surface area (Å²) >= 11 is 6.85. The maximum absolute atomic E-state index is 12.5. The Hall–Kier alpha value is -1.38. The number of rotatable bonds is 3. The summed E-state index contributed by atoms with van der Waals surface area (Å²) in [7, 11) is 0. The third-order valence-corrected chi connectivity index (χ3v) is 3.87. The van der Waals surface area contributed by atoms with E-state index in [1.54, 1.807) is 5.32 Å². The van der Waals surface area contributed by atoms with E-state index >= 15 is 0 Å². The molecule has 1 atom stereocenters. The summed E-state index contributed by atoms with van der Waals surface area (Å²) in [5.74, 6) is -0.918. The zero-order valence-corrected chi connectivity index (χ0v) is 11.3. The highest BCUT2D eigenvalue weighted by Crippen LogP contribution is 2.30. The average molecular weight is 325 g/mol. The van der Waals surface area contributed by atoms with Gasteiger partial charge in [-0.15, -0.1) is 11.3 Å². The minimum absolute atomic E-state index is 0.0672. The molecule has 0 fully saturated rings. The van der Waals surface area contributed by atoms with Crippen molar-refractivity contribution in [3.05, 3.63) is 28.4 Å². The summed E-state index contributed by atoms with van der Waals surface area (Å²) < 4.78 is 38.0. The van der Waals surface area contributed by atoms with Crippen LogP contribution >= 0.6 is 22.9 Å². The second-order valence-corrected chi connectivity index (χ2v) is 5.38. The van der Waals surface area contributed by atoms with Gasteiger partial charge in [-0.2, -0.15) is 13.2 Å². The van der Waals surface area contributed by atoms with E-state index in [4.69, 9.17) is 16.7 Å². The molecule has 2 aromatic rings. The molecule has 20 heavy (non-hydrogen) atoms. The van der Waals surface area contributed by atoms with Gasteiger partial charge in [-0.1, -0.05) is 11.6 Å². The third kappa shape index (κ3) is 3.02. The van der Waals surface area contributed by atoms with Gasteiger partial charge in [-0.25, -0.2) is 0 Å². The molecule has 0 aliphatic rings. The third-order valence-electron chi connectivity index (χ3n) is 2.50. The molecule has 1 amide bonds. The number of aliphatic hydroxyl groups is 1. The number of amides is 1. The molecule has 2 N–H and O–H groups in total. The Bertz CT molecular complexity index is 644. The van der Waals surface area contributed by atoms with Gasteiger partial charge in [-0.05, 0) is 6.07 Å². The van der Waals surface area contributed by atoms with Gasteiger partial charge in [0, 0.05) is 17.8 Å². The number of carbonyl (C=O) groups excluding carboxylic acids is 1. The Morgan fingerprint density at radius 2 is 2.20 bits per heavy atom. The molecule has 0 bridgehead atoms. The Morgan fingerprint density at radius 3 is 2.75 bits per heavy atom. The second-order valence-electron chi connectivity index (χ2n) is 3.89. The molecule has 0 aromatic carbocycles. The molecule has 2 rings (SSSR count). The van der Waals surface area contributed by atoms with Crippen LogP contribution in [0.25, 0.3) is 10.1 Å². The van der Waals surface area contributed by atoms with E-state index in [1.165, 1.54) is 18.5 Å². The van der Waals surface area contributed by atoms with E-state index < -0.39 is 24.7 Å². The van der Waals surface area contributed by atoms with Crippen LogP contribution in [0.5, 0.6) is 0 Å². The highest BCUT2D eigenvalue weighted by atomic mass is 35.5. The van der Waals surface area contributed by atoms with E-state index in [0.717, 1.165) is 11.3 Å². The van der Waals surface area contributed by atoms with Gasteiger partial charge in [0.05, 0.1) is 21.2 Å². The number of aromatic nitrogens is 1. The number of hydrogen-bond donors (Lipinski definition) is 2. The summed E-state index contributed by atoms with van der Waals surface area (Å²) in [5.41, 5.74) is 0. The quantitative estimate of drug-likeness (QED) is 0.912. The van der Waals surface area contributed by atoms with Crippen LogP contribution in [0.2, 0.25) is 5.02 Å². The van der Waals surface area contributed by atoms with Crippen LogP contribution in [0.3, 0.4) is 0 Å². The molecule has 4 nitrogen and oxygen atoms in total. The molecule has 0 radical (unpaired) electrons. The lowest BCUT2D eigenvalue weighted by atomic mass is 10.2. The van der Waals surface area contributed by atoms with Crippen LogP contribution in [-0.4, -0.2) is 34.8 Å². The molecule has 0 aliphatic carbocycles. The lowest BCUT2D eigenvalue weighted by Gasteiger charge is -2.18. The Labute approximate surface area is 120 Å². The van der Waals surface area contributed by atoms with Crippen molar-refractivity contribution in [3.8, 4) is 0 Å². The van der Waals surface area contributed by atoms with Gasteiger partial charge in [0.2, 0.25) is 0 Å². The minimum Gasteiger partial charge on any atom is -0.394 e.